The zero-order valence-electron chi connectivity index (χ0n) is 26.7. The molecule has 0 atom stereocenters. The minimum Gasteiger partial charge on any atom is -0.456 e. The maximum Gasteiger partial charge on any atom is 0.167 e. The van der Waals surface area contributed by atoms with E-state index < -0.39 is 0 Å². The summed E-state index contributed by atoms with van der Waals surface area (Å²) in [6, 6.07) is 55.7. The Morgan fingerprint density at radius 2 is 0.780 bits per heavy atom. The fraction of sp³-hybridized carbons (Fsp3) is 0. The van der Waals surface area contributed by atoms with Crippen LogP contribution in [0.15, 0.2) is 173 Å². The molecule has 0 fully saturated rings. The fourth-order valence-corrected chi connectivity index (χ4v) is 6.91. The van der Waals surface area contributed by atoms with Gasteiger partial charge < -0.3 is 8.83 Å². The molecule has 10 aromatic rings. The second kappa shape index (κ2) is 11.4. The average molecular weight is 642 g/mol. The molecule has 234 valence electrons. The Morgan fingerprint density at radius 3 is 1.38 bits per heavy atom. The van der Waals surface area contributed by atoms with E-state index in [1.165, 1.54) is 5.56 Å². The van der Waals surface area contributed by atoms with Gasteiger partial charge in [0.25, 0.3) is 0 Å². The summed E-state index contributed by atoms with van der Waals surface area (Å²) in [5, 5.41) is 4.19. The molecule has 0 saturated heterocycles. The monoisotopic (exact) mass is 641 g/mol. The van der Waals surface area contributed by atoms with Gasteiger partial charge in [-0.2, -0.15) is 0 Å². The lowest BCUT2D eigenvalue weighted by molar-refractivity contribution is 0.668. The van der Waals surface area contributed by atoms with Crippen LogP contribution >= 0.6 is 0 Å². The second-order valence-electron chi connectivity index (χ2n) is 12.4. The second-order valence-corrected chi connectivity index (χ2v) is 12.4. The van der Waals surface area contributed by atoms with Crippen LogP contribution in [0.3, 0.4) is 0 Å². The molecular weight excluding hydrogens is 615 g/mol. The van der Waals surface area contributed by atoms with Crippen molar-refractivity contribution in [2.75, 3.05) is 0 Å². The summed E-state index contributed by atoms with van der Waals surface area (Å²) in [5.41, 5.74) is 10.3. The Kier molecular flexibility index (Phi) is 6.42. The number of rotatable bonds is 5. The molecule has 0 bridgehead atoms. The van der Waals surface area contributed by atoms with Crippen LogP contribution in [-0.2, 0) is 0 Å². The maximum atomic E-state index is 6.85. The Labute approximate surface area is 287 Å². The number of aromatic nitrogens is 3. The maximum absolute atomic E-state index is 6.85. The fourth-order valence-electron chi connectivity index (χ4n) is 6.91. The van der Waals surface area contributed by atoms with Gasteiger partial charge in [-0.25, -0.2) is 15.0 Å². The Balaban J connectivity index is 1.15. The Hall–Kier alpha value is -6.85. The quantitative estimate of drug-likeness (QED) is 0.187. The van der Waals surface area contributed by atoms with Crippen LogP contribution in [0.1, 0.15) is 0 Å². The topological polar surface area (TPSA) is 65.0 Å². The van der Waals surface area contributed by atoms with Crippen molar-refractivity contribution >= 4 is 43.9 Å². The molecule has 3 aromatic heterocycles. The summed E-state index contributed by atoms with van der Waals surface area (Å²) in [4.78, 5) is 14.9. The normalized spacial score (nSPS) is 11.6. The molecule has 7 aromatic carbocycles. The lowest BCUT2D eigenvalue weighted by atomic mass is 9.99. The van der Waals surface area contributed by atoms with Crippen LogP contribution in [0.25, 0.3) is 100 Å². The van der Waals surface area contributed by atoms with Crippen LogP contribution < -0.4 is 0 Å². The van der Waals surface area contributed by atoms with Gasteiger partial charge in [-0.1, -0.05) is 133 Å². The van der Waals surface area contributed by atoms with Gasteiger partial charge in [0, 0.05) is 38.2 Å². The van der Waals surface area contributed by atoms with Gasteiger partial charge >= 0.3 is 0 Å². The van der Waals surface area contributed by atoms with Crippen molar-refractivity contribution in [1.82, 2.24) is 15.0 Å². The van der Waals surface area contributed by atoms with Gasteiger partial charge in [0.15, 0.2) is 17.5 Å². The smallest absolute Gasteiger partial charge is 0.167 e. The van der Waals surface area contributed by atoms with E-state index in [9.17, 15) is 0 Å². The van der Waals surface area contributed by atoms with Crippen molar-refractivity contribution in [2.45, 2.75) is 0 Å². The zero-order valence-corrected chi connectivity index (χ0v) is 26.7. The van der Waals surface area contributed by atoms with Crippen LogP contribution in [-0.4, -0.2) is 15.0 Å². The molecule has 10 rings (SSSR count). The molecule has 0 N–H and O–H groups in total. The van der Waals surface area contributed by atoms with Crippen LogP contribution in [0.5, 0.6) is 0 Å². The summed E-state index contributed by atoms with van der Waals surface area (Å²) in [6.45, 7) is 0. The number of hydrogen-bond donors (Lipinski definition) is 0. The molecule has 5 heteroatoms. The third kappa shape index (κ3) is 4.67. The Bertz CT molecular complexity index is 2800. The molecule has 3 heterocycles. The highest BCUT2D eigenvalue weighted by atomic mass is 16.3. The van der Waals surface area contributed by atoms with E-state index in [0.717, 1.165) is 77.3 Å². The highest BCUT2D eigenvalue weighted by Gasteiger charge is 2.20. The molecule has 0 amide bonds. The van der Waals surface area contributed by atoms with Crippen molar-refractivity contribution in [3.05, 3.63) is 164 Å². The minimum atomic E-state index is 0.560. The lowest BCUT2D eigenvalue weighted by Gasteiger charge is -2.08. The number of hydrogen-bond acceptors (Lipinski definition) is 5. The number of fused-ring (bicyclic) bond motifs is 6. The largest absolute Gasteiger partial charge is 0.456 e. The van der Waals surface area contributed by atoms with E-state index >= 15 is 0 Å². The van der Waals surface area contributed by atoms with Crippen molar-refractivity contribution in [3.63, 3.8) is 0 Å². The highest BCUT2D eigenvalue weighted by molar-refractivity contribution is 6.14. The molecule has 0 saturated carbocycles. The van der Waals surface area contributed by atoms with Gasteiger partial charge in [-0.15, -0.1) is 0 Å². The van der Waals surface area contributed by atoms with Crippen LogP contribution in [0, 0.1) is 0 Å². The number of nitrogens with zero attached hydrogens (tertiary/aromatic N) is 3. The van der Waals surface area contributed by atoms with Crippen molar-refractivity contribution < 1.29 is 8.83 Å². The predicted octanol–water partition coefficient (Wildman–Crippen LogP) is 12.0. The first-order valence-corrected chi connectivity index (χ1v) is 16.6. The average Bonchev–Trinajstić information content (AvgIpc) is 3.76. The first-order chi connectivity index (χ1) is 24.8. The molecule has 50 heavy (non-hydrogen) atoms. The SMILES string of the molecule is c1ccc(-c2ccc3oc4ccc(-c5cccc6c5oc5c(-c7nc(-c8ccccc8)nc(-c8ccccc8)n7)cccc56)cc4c3c2)cc1. The van der Waals surface area contributed by atoms with Crippen molar-refractivity contribution in [3.8, 4) is 56.4 Å². The summed E-state index contributed by atoms with van der Waals surface area (Å²) in [6.07, 6.45) is 0. The number of para-hydroxylation sites is 2. The van der Waals surface area contributed by atoms with Gasteiger partial charge in [-0.3, -0.25) is 0 Å². The van der Waals surface area contributed by atoms with Gasteiger partial charge in [-0.05, 0) is 47.0 Å². The lowest BCUT2D eigenvalue weighted by Crippen LogP contribution is -2.00. The summed E-state index contributed by atoms with van der Waals surface area (Å²) < 4.78 is 13.1. The van der Waals surface area contributed by atoms with Crippen molar-refractivity contribution in [1.29, 1.82) is 0 Å². The van der Waals surface area contributed by atoms with Gasteiger partial charge in [0.1, 0.15) is 22.3 Å². The molecule has 0 unspecified atom stereocenters. The van der Waals surface area contributed by atoms with Crippen LogP contribution in [0.2, 0.25) is 0 Å². The molecule has 0 aliphatic heterocycles. The van der Waals surface area contributed by atoms with Gasteiger partial charge in [0.2, 0.25) is 0 Å². The third-order valence-corrected chi connectivity index (χ3v) is 9.35. The van der Waals surface area contributed by atoms with E-state index in [-0.39, 0.29) is 0 Å². The first kappa shape index (κ1) is 28.2. The molecular formula is C45H27N3O2. The van der Waals surface area contributed by atoms with E-state index in [4.69, 9.17) is 23.8 Å². The predicted molar refractivity (Wildman–Crippen MR) is 202 cm³/mol. The standard InChI is InChI=1S/C45H27N3O2/c1-4-12-28(13-5-1)31-22-24-39-37(26-31)38-27-32(23-25-40(38)49-39)33-18-10-19-34-35-20-11-21-36(42(35)50-41(33)34)45-47-43(29-14-6-2-7-15-29)46-44(48-45)30-16-8-3-9-17-30/h1-27H. The molecule has 0 aliphatic rings. The highest BCUT2D eigenvalue weighted by Crippen LogP contribution is 2.41. The number of benzene rings is 7. The van der Waals surface area contributed by atoms with E-state index in [1.54, 1.807) is 0 Å². The first-order valence-electron chi connectivity index (χ1n) is 16.6. The molecule has 0 radical (unpaired) electrons. The van der Waals surface area contributed by atoms with E-state index in [1.807, 2.05) is 78.9 Å². The number of furan rings is 2. The molecule has 0 spiro atoms. The molecule has 0 aliphatic carbocycles. The van der Waals surface area contributed by atoms with Crippen molar-refractivity contribution in [2.24, 2.45) is 0 Å². The third-order valence-electron chi connectivity index (χ3n) is 9.35. The van der Waals surface area contributed by atoms with Crippen LogP contribution in [0.4, 0.5) is 0 Å². The summed E-state index contributed by atoms with van der Waals surface area (Å²) in [5.74, 6) is 1.78. The minimum absolute atomic E-state index is 0.560. The van der Waals surface area contributed by atoms with E-state index in [2.05, 4.69) is 84.9 Å². The molecule has 5 nitrogen and oxygen atoms in total. The van der Waals surface area contributed by atoms with E-state index in [0.29, 0.717) is 17.5 Å². The summed E-state index contributed by atoms with van der Waals surface area (Å²) >= 11 is 0. The Morgan fingerprint density at radius 1 is 0.300 bits per heavy atom. The van der Waals surface area contributed by atoms with Gasteiger partial charge in [0.05, 0.1) is 5.56 Å². The summed E-state index contributed by atoms with van der Waals surface area (Å²) in [7, 11) is 0. The zero-order chi connectivity index (χ0) is 33.0.